The molecule has 1 N–H and O–H groups in total. The summed E-state index contributed by atoms with van der Waals surface area (Å²) in [6, 6.07) is 4.99. The first-order valence-corrected chi connectivity index (χ1v) is 5.47. The number of pyridine rings is 1. The molecule has 0 bridgehead atoms. The highest BCUT2D eigenvalue weighted by atomic mass is 14.9. The predicted molar refractivity (Wildman–Crippen MR) is 58.4 cm³/mol. The third kappa shape index (κ3) is 1.80. The molecule has 1 aliphatic rings. The number of nitrogens with one attached hydrogen (secondary N) is 1. The Morgan fingerprint density at radius 3 is 3.00 bits per heavy atom. The van der Waals surface area contributed by atoms with Crippen LogP contribution in [0.3, 0.4) is 0 Å². The van der Waals surface area contributed by atoms with E-state index >= 15 is 0 Å². The number of hydrogen-bond acceptors (Lipinski definition) is 2. The van der Waals surface area contributed by atoms with Crippen molar-refractivity contribution in [2.24, 2.45) is 0 Å². The van der Waals surface area contributed by atoms with Crippen molar-refractivity contribution in [1.82, 2.24) is 10.3 Å². The van der Waals surface area contributed by atoms with E-state index in [1.165, 1.54) is 18.4 Å². The van der Waals surface area contributed by atoms with E-state index in [9.17, 15) is 0 Å². The van der Waals surface area contributed by atoms with Crippen LogP contribution in [0.25, 0.3) is 0 Å². The van der Waals surface area contributed by atoms with Gasteiger partial charge in [0.2, 0.25) is 0 Å². The van der Waals surface area contributed by atoms with Crippen molar-refractivity contribution in [1.29, 1.82) is 0 Å². The van der Waals surface area contributed by atoms with Crippen molar-refractivity contribution in [2.45, 2.75) is 38.6 Å². The minimum atomic E-state index is 0.652. The molecule has 76 valence electrons. The highest BCUT2D eigenvalue weighted by Gasteiger charge is 2.26. The van der Waals surface area contributed by atoms with E-state index in [1.54, 1.807) is 0 Å². The monoisotopic (exact) mass is 190 g/mol. The molecule has 1 aromatic rings. The van der Waals surface area contributed by atoms with Gasteiger partial charge in [-0.2, -0.15) is 0 Å². The van der Waals surface area contributed by atoms with E-state index in [0.717, 1.165) is 12.2 Å². The van der Waals surface area contributed by atoms with Crippen molar-refractivity contribution in [3.05, 3.63) is 29.6 Å². The van der Waals surface area contributed by atoms with Gasteiger partial charge >= 0.3 is 0 Å². The molecule has 2 rings (SSSR count). The zero-order valence-electron chi connectivity index (χ0n) is 8.96. The highest BCUT2D eigenvalue weighted by Crippen LogP contribution is 2.28. The Kier molecular flexibility index (Phi) is 2.82. The topological polar surface area (TPSA) is 24.9 Å². The van der Waals surface area contributed by atoms with Gasteiger partial charge < -0.3 is 5.32 Å². The third-order valence-electron chi connectivity index (χ3n) is 3.15. The van der Waals surface area contributed by atoms with E-state index in [-0.39, 0.29) is 0 Å². The van der Waals surface area contributed by atoms with Crippen LogP contribution in [0.15, 0.2) is 18.3 Å². The molecule has 1 fully saturated rings. The van der Waals surface area contributed by atoms with E-state index in [0.29, 0.717) is 12.0 Å². The second-order valence-electron chi connectivity index (χ2n) is 4.10. The van der Waals surface area contributed by atoms with Crippen LogP contribution in [-0.2, 0) is 0 Å². The summed E-state index contributed by atoms with van der Waals surface area (Å²) in [5.41, 5.74) is 2.50. The largest absolute Gasteiger partial charge is 0.313 e. The van der Waals surface area contributed by atoms with Crippen LogP contribution in [0.5, 0.6) is 0 Å². The maximum Gasteiger partial charge on any atom is 0.0372 e. The first kappa shape index (κ1) is 9.66. The minimum absolute atomic E-state index is 0.652. The van der Waals surface area contributed by atoms with Crippen LogP contribution in [0, 0.1) is 6.92 Å². The second kappa shape index (κ2) is 4.09. The highest BCUT2D eigenvalue weighted by molar-refractivity contribution is 5.21. The molecule has 14 heavy (non-hydrogen) atoms. The van der Waals surface area contributed by atoms with Gasteiger partial charge in [-0.25, -0.2) is 0 Å². The molecule has 0 aromatic carbocycles. The zero-order chi connectivity index (χ0) is 9.97. The van der Waals surface area contributed by atoms with Crippen LogP contribution in [0.4, 0.5) is 0 Å². The molecule has 1 saturated heterocycles. The van der Waals surface area contributed by atoms with Crippen LogP contribution in [-0.4, -0.2) is 17.6 Å². The van der Waals surface area contributed by atoms with E-state index < -0.39 is 0 Å². The first-order valence-electron chi connectivity index (χ1n) is 5.47. The Bertz CT molecular complexity index is 292. The summed E-state index contributed by atoms with van der Waals surface area (Å²) in [6.45, 7) is 5.43. The molecule has 2 nitrogen and oxygen atoms in total. The molecular weight excluding hydrogens is 172 g/mol. The summed E-state index contributed by atoms with van der Waals surface area (Å²) >= 11 is 0. The van der Waals surface area contributed by atoms with Gasteiger partial charge in [0.15, 0.2) is 0 Å². The number of nitrogens with zero attached hydrogens (tertiary/aromatic N) is 1. The molecule has 0 radical (unpaired) electrons. The lowest BCUT2D eigenvalue weighted by Gasteiger charge is -2.17. The summed E-state index contributed by atoms with van der Waals surface area (Å²) in [7, 11) is 0. The molecule has 1 aliphatic heterocycles. The molecule has 2 unspecified atom stereocenters. The van der Waals surface area contributed by atoms with Crippen molar-refractivity contribution in [2.75, 3.05) is 6.54 Å². The lowest BCUT2D eigenvalue weighted by Crippen LogP contribution is -2.24. The van der Waals surface area contributed by atoms with Gasteiger partial charge in [0, 0.05) is 23.9 Å². The Morgan fingerprint density at radius 1 is 1.50 bits per heavy atom. The Hall–Kier alpha value is -0.890. The normalized spacial score (nSPS) is 26.7. The van der Waals surface area contributed by atoms with Gasteiger partial charge in [0.05, 0.1) is 0 Å². The molecule has 2 atom stereocenters. The predicted octanol–water partition coefficient (Wildman–Crippen LogP) is 2.25. The number of aromatic nitrogens is 1. The summed E-state index contributed by atoms with van der Waals surface area (Å²) in [6.07, 6.45) is 4.50. The van der Waals surface area contributed by atoms with Crippen LogP contribution >= 0.6 is 0 Å². The quantitative estimate of drug-likeness (QED) is 0.773. The Labute approximate surface area is 85.7 Å². The fourth-order valence-electron chi connectivity index (χ4n) is 2.29. The van der Waals surface area contributed by atoms with Gasteiger partial charge in [0.25, 0.3) is 0 Å². The Morgan fingerprint density at radius 2 is 2.36 bits per heavy atom. The standard InChI is InChI=1S/C12H18N2/c1-3-12-11(6-7-13-12)10-5-4-9(2)14-8-10/h4-5,8,11-13H,3,6-7H2,1-2H3. The molecular formula is C12H18N2. The second-order valence-corrected chi connectivity index (χ2v) is 4.10. The lowest BCUT2D eigenvalue weighted by atomic mass is 9.92. The van der Waals surface area contributed by atoms with Crippen LogP contribution in [0.2, 0.25) is 0 Å². The molecule has 0 saturated carbocycles. The zero-order valence-corrected chi connectivity index (χ0v) is 8.96. The van der Waals surface area contributed by atoms with Gasteiger partial charge in [0.1, 0.15) is 0 Å². The van der Waals surface area contributed by atoms with Crippen molar-refractivity contribution in [3.8, 4) is 0 Å². The van der Waals surface area contributed by atoms with E-state index in [4.69, 9.17) is 0 Å². The maximum absolute atomic E-state index is 4.36. The number of aryl methyl sites for hydroxylation is 1. The molecule has 0 aliphatic carbocycles. The molecule has 0 amide bonds. The van der Waals surface area contributed by atoms with E-state index in [2.05, 4.69) is 29.4 Å². The third-order valence-corrected chi connectivity index (χ3v) is 3.15. The maximum atomic E-state index is 4.36. The van der Waals surface area contributed by atoms with Crippen LogP contribution < -0.4 is 5.32 Å². The summed E-state index contributed by atoms with van der Waals surface area (Å²) in [5, 5.41) is 3.54. The number of hydrogen-bond donors (Lipinski definition) is 1. The Balaban J connectivity index is 2.17. The lowest BCUT2D eigenvalue weighted by molar-refractivity contribution is 0.530. The fourth-order valence-corrected chi connectivity index (χ4v) is 2.29. The van der Waals surface area contributed by atoms with Gasteiger partial charge in [-0.15, -0.1) is 0 Å². The van der Waals surface area contributed by atoms with Crippen molar-refractivity contribution < 1.29 is 0 Å². The van der Waals surface area contributed by atoms with E-state index in [1.807, 2.05) is 13.1 Å². The average molecular weight is 190 g/mol. The van der Waals surface area contributed by atoms with Crippen LogP contribution in [0.1, 0.15) is 36.9 Å². The minimum Gasteiger partial charge on any atom is -0.313 e. The van der Waals surface area contributed by atoms with Gasteiger partial charge in [-0.1, -0.05) is 13.0 Å². The fraction of sp³-hybridized carbons (Fsp3) is 0.583. The summed E-state index contributed by atoms with van der Waals surface area (Å²) < 4.78 is 0. The first-order chi connectivity index (χ1) is 6.81. The smallest absolute Gasteiger partial charge is 0.0372 e. The van der Waals surface area contributed by atoms with Gasteiger partial charge in [-0.3, -0.25) is 4.98 Å². The van der Waals surface area contributed by atoms with Crippen molar-refractivity contribution in [3.63, 3.8) is 0 Å². The number of rotatable bonds is 2. The average Bonchev–Trinajstić information content (AvgIpc) is 2.67. The van der Waals surface area contributed by atoms with Gasteiger partial charge in [-0.05, 0) is 37.9 Å². The molecule has 2 heterocycles. The molecule has 1 aromatic heterocycles. The molecule has 0 spiro atoms. The summed E-state index contributed by atoms with van der Waals surface area (Å²) in [5.74, 6) is 0.674. The SMILES string of the molecule is CCC1NCCC1c1ccc(C)nc1. The summed E-state index contributed by atoms with van der Waals surface area (Å²) in [4.78, 5) is 4.36. The van der Waals surface area contributed by atoms with Crippen molar-refractivity contribution >= 4 is 0 Å². The molecule has 2 heteroatoms.